The summed E-state index contributed by atoms with van der Waals surface area (Å²) in [6.45, 7) is 2.13. The van der Waals surface area contributed by atoms with Crippen LogP contribution >= 0.6 is 0 Å². The zero-order valence-electron chi connectivity index (χ0n) is 9.99. The minimum absolute atomic E-state index is 0.120. The van der Waals surface area contributed by atoms with Gasteiger partial charge in [0.25, 0.3) is 5.56 Å². The molecular weight excluding hydrogens is 214 g/mol. The first-order valence-corrected chi connectivity index (χ1v) is 6.07. The molecule has 0 aliphatic carbocycles. The van der Waals surface area contributed by atoms with E-state index in [1.807, 2.05) is 6.07 Å². The number of aromatic nitrogens is 1. The number of aromatic amines is 1. The molecule has 3 nitrogen and oxygen atoms in total. The van der Waals surface area contributed by atoms with Gasteiger partial charge in [-0.25, -0.2) is 0 Å². The summed E-state index contributed by atoms with van der Waals surface area (Å²) in [5.74, 6) is 0.219. The molecule has 0 spiro atoms. The predicted molar refractivity (Wildman–Crippen MR) is 69.5 cm³/mol. The number of rotatable bonds is 4. The Balaban J connectivity index is 2.44. The predicted octanol–water partition coefficient (Wildman–Crippen LogP) is 2.97. The number of benzene rings is 1. The van der Waals surface area contributed by atoms with Crippen LogP contribution in [-0.2, 0) is 6.42 Å². The van der Waals surface area contributed by atoms with E-state index < -0.39 is 0 Å². The van der Waals surface area contributed by atoms with Crippen LogP contribution in [0.5, 0.6) is 5.75 Å². The molecule has 0 atom stereocenters. The number of hydrogen-bond acceptors (Lipinski definition) is 2. The molecule has 1 aromatic carbocycles. The van der Waals surface area contributed by atoms with Crippen LogP contribution in [0.4, 0.5) is 0 Å². The summed E-state index contributed by atoms with van der Waals surface area (Å²) in [6, 6.07) is 7.14. The topological polar surface area (TPSA) is 53.1 Å². The number of pyridine rings is 1. The van der Waals surface area contributed by atoms with Gasteiger partial charge in [-0.05, 0) is 18.9 Å². The first kappa shape index (κ1) is 11.7. The van der Waals surface area contributed by atoms with E-state index in [0.717, 1.165) is 25.7 Å². The van der Waals surface area contributed by atoms with Gasteiger partial charge in [-0.2, -0.15) is 0 Å². The standard InChI is InChI=1S/C14H17NO2/c1-2-3-4-9-12-13(16)10-7-5-6-8-11(10)14(17)15-12/h5-8,16H,2-4,9H2,1H3,(H,15,17). The van der Waals surface area contributed by atoms with E-state index in [-0.39, 0.29) is 11.3 Å². The summed E-state index contributed by atoms with van der Waals surface area (Å²) in [5.41, 5.74) is 0.534. The van der Waals surface area contributed by atoms with Crippen LogP contribution in [0.2, 0.25) is 0 Å². The van der Waals surface area contributed by atoms with E-state index in [1.54, 1.807) is 18.2 Å². The van der Waals surface area contributed by atoms with Crippen molar-refractivity contribution in [2.45, 2.75) is 32.6 Å². The highest BCUT2D eigenvalue weighted by molar-refractivity contribution is 5.87. The van der Waals surface area contributed by atoms with Gasteiger partial charge in [-0.15, -0.1) is 0 Å². The maximum absolute atomic E-state index is 11.8. The van der Waals surface area contributed by atoms with Crippen molar-refractivity contribution >= 4 is 10.8 Å². The number of unbranched alkanes of at least 4 members (excludes halogenated alkanes) is 2. The molecule has 0 bridgehead atoms. The smallest absolute Gasteiger partial charge is 0.256 e. The summed E-state index contributed by atoms with van der Waals surface area (Å²) in [5, 5.41) is 11.3. The van der Waals surface area contributed by atoms with Crippen molar-refractivity contribution in [2.24, 2.45) is 0 Å². The molecular formula is C14H17NO2. The normalized spacial score (nSPS) is 10.9. The summed E-state index contributed by atoms with van der Waals surface area (Å²) in [6.07, 6.45) is 3.94. The van der Waals surface area contributed by atoms with Crippen molar-refractivity contribution in [3.63, 3.8) is 0 Å². The van der Waals surface area contributed by atoms with Crippen LogP contribution in [0.25, 0.3) is 10.8 Å². The quantitative estimate of drug-likeness (QED) is 0.795. The van der Waals surface area contributed by atoms with E-state index in [0.29, 0.717) is 16.5 Å². The Labute approximate surface area is 100 Å². The number of hydrogen-bond donors (Lipinski definition) is 2. The number of fused-ring (bicyclic) bond motifs is 1. The molecule has 2 rings (SSSR count). The number of nitrogens with one attached hydrogen (secondary N) is 1. The van der Waals surface area contributed by atoms with Gasteiger partial charge in [0.15, 0.2) is 0 Å². The third kappa shape index (κ3) is 2.33. The van der Waals surface area contributed by atoms with E-state index in [9.17, 15) is 9.90 Å². The van der Waals surface area contributed by atoms with Gasteiger partial charge >= 0.3 is 0 Å². The number of H-pyrrole nitrogens is 1. The van der Waals surface area contributed by atoms with Crippen LogP contribution in [-0.4, -0.2) is 10.1 Å². The lowest BCUT2D eigenvalue weighted by Gasteiger charge is -2.07. The van der Waals surface area contributed by atoms with Gasteiger partial charge in [-0.3, -0.25) is 4.79 Å². The van der Waals surface area contributed by atoms with E-state index in [4.69, 9.17) is 0 Å². The highest BCUT2D eigenvalue weighted by Crippen LogP contribution is 2.25. The van der Waals surface area contributed by atoms with E-state index >= 15 is 0 Å². The van der Waals surface area contributed by atoms with Crippen molar-refractivity contribution in [2.75, 3.05) is 0 Å². The summed E-state index contributed by atoms with van der Waals surface area (Å²) >= 11 is 0. The SMILES string of the molecule is CCCCCc1[nH]c(=O)c2ccccc2c1O. The maximum atomic E-state index is 11.8. The Morgan fingerprint density at radius 1 is 1.18 bits per heavy atom. The third-order valence-corrected chi connectivity index (χ3v) is 3.01. The fraction of sp³-hybridized carbons (Fsp3) is 0.357. The van der Waals surface area contributed by atoms with E-state index in [1.165, 1.54) is 0 Å². The number of aryl methyl sites for hydroxylation is 1. The highest BCUT2D eigenvalue weighted by atomic mass is 16.3. The second kappa shape index (κ2) is 5.04. The molecule has 0 fully saturated rings. The molecule has 0 saturated heterocycles. The summed E-state index contributed by atoms with van der Waals surface area (Å²) in [4.78, 5) is 14.6. The van der Waals surface area contributed by atoms with Gasteiger partial charge in [-0.1, -0.05) is 38.0 Å². The zero-order chi connectivity index (χ0) is 12.3. The first-order valence-electron chi connectivity index (χ1n) is 6.07. The Morgan fingerprint density at radius 3 is 2.59 bits per heavy atom. The van der Waals surface area contributed by atoms with Crippen molar-refractivity contribution in [1.82, 2.24) is 4.98 Å². The molecule has 1 heterocycles. The largest absolute Gasteiger partial charge is 0.505 e. The lowest BCUT2D eigenvalue weighted by molar-refractivity contribution is 0.468. The number of aromatic hydroxyl groups is 1. The molecule has 0 saturated carbocycles. The minimum atomic E-state index is -0.120. The second-order valence-corrected chi connectivity index (χ2v) is 4.28. The van der Waals surface area contributed by atoms with Crippen LogP contribution in [0.15, 0.2) is 29.1 Å². The van der Waals surface area contributed by atoms with Crippen LogP contribution < -0.4 is 5.56 Å². The summed E-state index contributed by atoms with van der Waals surface area (Å²) < 4.78 is 0. The van der Waals surface area contributed by atoms with Crippen molar-refractivity contribution in [1.29, 1.82) is 0 Å². The van der Waals surface area contributed by atoms with Gasteiger partial charge < -0.3 is 10.1 Å². The van der Waals surface area contributed by atoms with Crippen molar-refractivity contribution in [3.8, 4) is 5.75 Å². The Hall–Kier alpha value is -1.77. The highest BCUT2D eigenvalue weighted by Gasteiger charge is 2.09. The molecule has 0 aliphatic rings. The fourth-order valence-electron chi connectivity index (χ4n) is 2.05. The van der Waals surface area contributed by atoms with Crippen LogP contribution in [0.3, 0.4) is 0 Å². The van der Waals surface area contributed by atoms with Crippen molar-refractivity contribution in [3.05, 3.63) is 40.3 Å². The molecule has 0 amide bonds. The molecule has 0 unspecified atom stereocenters. The van der Waals surface area contributed by atoms with Gasteiger partial charge in [0.1, 0.15) is 5.75 Å². The second-order valence-electron chi connectivity index (χ2n) is 4.28. The average Bonchev–Trinajstić information content (AvgIpc) is 2.36. The fourth-order valence-corrected chi connectivity index (χ4v) is 2.05. The molecule has 3 heteroatoms. The first-order chi connectivity index (χ1) is 8.24. The van der Waals surface area contributed by atoms with Crippen molar-refractivity contribution < 1.29 is 5.11 Å². The molecule has 1 aromatic heterocycles. The van der Waals surface area contributed by atoms with Gasteiger partial charge in [0, 0.05) is 5.39 Å². The van der Waals surface area contributed by atoms with Gasteiger partial charge in [0.05, 0.1) is 11.1 Å². The summed E-state index contributed by atoms with van der Waals surface area (Å²) in [7, 11) is 0. The molecule has 0 aliphatic heterocycles. The Kier molecular flexibility index (Phi) is 3.47. The minimum Gasteiger partial charge on any atom is -0.505 e. The maximum Gasteiger partial charge on any atom is 0.256 e. The van der Waals surface area contributed by atoms with Gasteiger partial charge in [0.2, 0.25) is 0 Å². The molecule has 0 radical (unpaired) electrons. The monoisotopic (exact) mass is 231 g/mol. The lowest BCUT2D eigenvalue weighted by atomic mass is 10.1. The molecule has 17 heavy (non-hydrogen) atoms. The Bertz CT molecular complexity index is 572. The van der Waals surface area contributed by atoms with E-state index in [2.05, 4.69) is 11.9 Å². The zero-order valence-corrected chi connectivity index (χ0v) is 9.99. The average molecular weight is 231 g/mol. The van der Waals surface area contributed by atoms with Crippen LogP contribution in [0.1, 0.15) is 31.9 Å². The molecule has 90 valence electrons. The third-order valence-electron chi connectivity index (χ3n) is 3.01. The Morgan fingerprint density at radius 2 is 1.88 bits per heavy atom. The van der Waals surface area contributed by atoms with Crippen LogP contribution in [0, 0.1) is 0 Å². The molecule has 2 N–H and O–H groups in total. The lowest BCUT2D eigenvalue weighted by Crippen LogP contribution is -2.09. The molecule has 2 aromatic rings.